The van der Waals surface area contributed by atoms with Crippen LogP contribution in [0.25, 0.3) is 16.6 Å². The summed E-state index contributed by atoms with van der Waals surface area (Å²) in [5, 5.41) is 15.3. The number of carbonyl (C=O) groups excluding carboxylic acids is 2. The molecule has 2 amide bonds. The summed E-state index contributed by atoms with van der Waals surface area (Å²) in [6, 6.07) is 8.71. The summed E-state index contributed by atoms with van der Waals surface area (Å²) in [4.78, 5) is 29.5. The lowest BCUT2D eigenvalue weighted by molar-refractivity contribution is -0.137. The highest BCUT2D eigenvalue weighted by Crippen LogP contribution is 2.25. The van der Waals surface area contributed by atoms with Gasteiger partial charge in [-0.25, -0.2) is 9.67 Å². The minimum Gasteiger partial charge on any atom is -0.481 e. The van der Waals surface area contributed by atoms with Crippen molar-refractivity contribution < 1.29 is 19.4 Å². The molecule has 0 saturated carbocycles. The lowest BCUT2D eigenvalue weighted by Gasteiger charge is -2.13. The van der Waals surface area contributed by atoms with Gasteiger partial charge in [-0.15, -0.1) is 0 Å². The van der Waals surface area contributed by atoms with Gasteiger partial charge >= 0.3 is 0 Å². The summed E-state index contributed by atoms with van der Waals surface area (Å²) < 4.78 is 6.73. The number of carbonyl (C=O) groups is 2. The number of fused-ring (bicyclic) bond motifs is 1. The van der Waals surface area contributed by atoms with Gasteiger partial charge in [0.15, 0.2) is 5.69 Å². The number of likely N-dealkylation sites (N-methyl/N-ethyl adjacent to an activating group) is 1. The van der Waals surface area contributed by atoms with Gasteiger partial charge in [-0.05, 0) is 18.2 Å². The van der Waals surface area contributed by atoms with Crippen LogP contribution in [0.1, 0.15) is 22.5 Å². The topological polar surface area (TPSA) is 124 Å². The van der Waals surface area contributed by atoms with Crippen LogP contribution in [0.2, 0.25) is 0 Å². The average Bonchev–Trinajstić information content (AvgIpc) is 3.26. The minimum absolute atomic E-state index is 0.0885. The van der Waals surface area contributed by atoms with Gasteiger partial charge < -0.3 is 20.5 Å². The number of hydrogen-bond donors (Lipinski definition) is 2. The van der Waals surface area contributed by atoms with Gasteiger partial charge in [0.05, 0.1) is 23.7 Å². The maximum absolute atomic E-state index is 12.1. The van der Waals surface area contributed by atoms with E-state index in [1.165, 1.54) is 18.2 Å². The van der Waals surface area contributed by atoms with Crippen molar-refractivity contribution in [2.75, 3.05) is 20.7 Å². The van der Waals surface area contributed by atoms with E-state index in [0.717, 1.165) is 0 Å². The number of benzene rings is 1. The van der Waals surface area contributed by atoms with Crippen LogP contribution in [0.4, 0.5) is 0 Å². The van der Waals surface area contributed by atoms with Gasteiger partial charge in [-0.3, -0.25) is 9.59 Å². The number of amides is 2. The van der Waals surface area contributed by atoms with E-state index >= 15 is 0 Å². The van der Waals surface area contributed by atoms with Crippen molar-refractivity contribution in [1.29, 1.82) is 0 Å². The number of pyridine rings is 1. The number of rotatable bonds is 3. The number of aliphatic hydroxyl groups is 1. The molecule has 0 spiro atoms. The first-order valence-corrected chi connectivity index (χ1v) is 9.16. The van der Waals surface area contributed by atoms with Gasteiger partial charge in [0.2, 0.25) is 11.5 Å². The Hall–Kier alpha value is -3.90. The molecule has 0 radical (unpaired) electrons. The number of ether oxygens (including phenoxy) is 1. The number of hydrogen-bond acceptors (Lipinski definition) is 6. The Morgan fingerprint density at radius 1 is 1.37 bits per heavy atom. The van der Waals surface area contributed by atoms with Crippen LogP contribution in [-0.4, -0.2) is 62.9 Å². The van der Waals surface area contributed by atoms with E-state index in [2.05, 4.69) is 21.9 Å². The molecule has 0 bridgehead atoms. The van der Waals surface area contributed by atoms with E-state index in [-0.39, 0.29) is 12.1 Å². The van der Waals surface area contributed by atoms with Crippen LogP contribution in [0.15, 0.2) is 36.5 Å². The monoisotopic (exact) mass is 405 g/mol. The van der Waals surface area contributed by atoms with E-state index in [1.807, 2.05) is 0 Å². The van der Waals surface area contributed by atoms with Gasteiger partial charge in [0.25, 0.3) is 11.8 Å². The molecule has 3 N–H and O–H groups in total. The van der Waals surface area contributed by atoms with Gasteiger partial charge in [0, 0.05) is 37.8 Å². The summed E-state index contributed by atoms with van der Waals surface area (Å²) >= 11 is 0. The van der Waals surface area contributed by atoms with Crippen LogP contribution in [0, 0.1) is 11.8 Å². The SMILES string of the molecule is COc1cc2c(cn1)c(C(N)=O)nn2-c1cccc(C#C[C@]2(O)CCN(C)C2=O)c1. The Balaban J connectivity index is 1.78. The second-order valence-electron chi connectivity index (χ2n) is 7.01. The van der Waals surface area contributed by atoms with Gasteiger partial charge in [0.1, 0.15) is 0 Å². The molecule has 152 valence electrons. The number of likely N-dealkylation sites (tertiary alicyclic amines) is 1. The minimum atomic E-state index is -1.68. The van der Waals surface area contributed by atoms with E-state index in [9.17, 15) is 14.7 Å². The van der Waals surface area contributed by atoms with E-state index in [0.29, 0.717) is 34.6 Å². The highest BCUT2D eigenvalue weighted by atomic mass is 16.5. The fraction of sp³-hybridized carbons (Fsp3) is 0.238. The number of aromatic nitrogens is 3. The standard InChI is InChI=1S/C21H19N5O4/c1-25-9-8-21(29,20(25)28)7-6-13-4-3-5-14(10-13)26-16-11-17(30-2)23-12-15(16)18(24-26)19(22)27/h3-5,10-12,29H,8-9H2,1-2H3,(H2,22,27)/t21-/m0/s1. The maximum atomic E-state index is 12.1. The molecule has 1 fully saturated rings. The van der Waals surface area contributed by atoms with Gasteiger partial charge in [-0.1, -0.05) is 17.9 Å². The summed E-state index contributed by atoms with van der Waals surface area (Å²) in [6.45, 7) is 0.453. The van der Waals surface area contributed by atoms with Crippen molar-refractivity contribution in [3.8, 4) is 23.4 Å². The predicted octanol–water partition coefficient (Wildman–Crippen LogP) is 0.473. The van der Waals surface area contributed by atoms with Crippen LogP contribution in [0.5, 0.6) is 5.88 Å². The zero-order valence-electron chi connectivity index (χ0n) is 16.4. The molecular weight excluding hydrogens is 386 g/mol. The fourth-order valence-corrected chi connectivity index (χ4v) is 3.34. The second-order valence-corrected chi connectivity index (χ2v) is 7.01. The van der Waals surface area contributed by atoms with Crippen molar-refractivity contribution in [2.24, 2.45) is 5.73 Å². The van der Waals surface area contributed by atoms with Crippen molar-refractivity contribution in [3.05, 3.63) is 47.8 Å². The van der Waals surface area contributed by atoms with Gasteiger partial charge in [-0.2, -0.15) is 5.10 Å². The number of nitrogens with two attached hydrogens (primary N) is 1. The number of primary amides is 1. The normalized spacial score (nSPS) is 18.4. The zero-order valence-corrected chi connectivity index (χ0v) is 16.4. The summed E-state index contributed by atoms with van der Waals surface area (Å²) in [5.74, 6) is 4.85. The molecule has 0 aliphatic carbocycles. The molecule has 9 heteroatoms. The van der Waals surface area contributed by atoms with Crippen LogP contribution in [-0.2, 0) is 4.79 Å². The predicted molar refractivity (Wildman–Crippen MR) is 108 cm³/mol. The average molecular weight is 405 g/mol. The highest BCUT2D eigenvalue weighted by molar-refractivity contribution is 6.04. The third-order valence-electron chi connectivity index (χ3n) is 5.00. The first-order chi connectivity index (χ1) is 14.3. The smallest absolute Gasteiger partial charge is 0.269 e. The van der Waals surface area contributed by atoms with E-state index in [1.54, 1.807) is 42.1 Å². The molecule has 1 aliphatic rings. The third kappa shape index (κ3) is 3.23. The molecule has 2 aromatic heterocycles. The Morgan fingerprint density at radius 3 is 2.83 bits per heavy atom. The van der Waals surface area contributed by atoms with Crippen molar-refractivity contribution in [2.45, 2.75) is 12.0 Å². The quantitative estimate of drug-likeness (QED) is 0.611. The summed E-state index contributed by atoms with van der Waals surface area (Å²) in [5.41, 5.74) is 5.66. The third-order valence-corrected chi connectivity index (χ3v) is 5.00. The Morgan fingerprint density at radius 2 is 2.17 bits per heavy atom. The lowest BCUT2D eigenvalue weighted by atomic mass is 10.0. The lowest BCUT2D eigenvalue weighted by Crippen LogP contribution is -2.37. The summed E-state index contributed by atoms with van der Waals surface area (Å²) in [6.07, 6.45) is 1.74. The van der Waals surface area contributed by atoms with Crippen molar-refractivity contribution in [3.63, 3.8) is 0 Å². The Kier molecular flexibility index (Phi) is 4.64. The molecule has 3 heterocycles. The Bertz CT molecular complexity index is 1240. The molecule has 1 saturated heterocycles. The first-order valence-electron chi connectivity index (χ1n) is 9.16. The van der Waals surface area contributed by atoms with Crippen LogP contribution >= 0.6 is 0 Å². The van der Waals surface area contributed by atoms with Crippen molar-refractivity contribution in [1.82, 2.24) is 19.7 Å². The Labute approximate surface area is 172 Å². The molecule has 1 aromatic carbocycles. The number of methoxy groups -OCH3 is 1. The molecule has 1 aliphatic heterocycles. The molecule has 1 atom stereocenters. The van der Waals surface area contributed by atoms with E-state index < -0.39 is 17.4 Å². The molecular formula is C21H19N5O4. The zero-order chi connectivity index (χ0) is 21.5. The first kappa shape index (κ1) is 19.4. The van der Waals surface area contributed by atoms with Crippen LogP contribution < -0.4 is 10.5 Å². The van der Waals surface area contributed by atoms with Crippen molar-refractivity contribution >= 4 is 22.7 Å². The molecule has 3 aromatic rings. The van der Waals surface area contributed by atoms with Crippen LogP contribution in [0.3, 0.4) is 0 Å². The fourth-order valence-electron chi connectivity index (χ4n) is 3.34. The molecule has 9 nitrogen and oxygen atoms in total. The largest absolute Gasteiger partial charge is 0.481 e. The second kappa shape index (κ2) is 7.17. The summed E-state index contributed by atoms with van der Waals surface area (Å²) in [7, 11) is 3.12. The maximum Gasteiger partial charge on any atom is 0.269 e. The molecule has 4 rings (SSSR count). The molecule has 0 unspecified atom stereocenters. The highest BCUT2D eigenvalue weighted by Gasteiger charge is 2.42. The van der Waals surface area contributed by atoms with E-state index in [4.69, 9.17) is 10.5 Å². The molecule has 30 heavy (non-hydrogen) atoms. The number of nitrogens with zero attached hydrogens (tertiary/aromatic N) is 4.